The molecule has 0 N–H and O–H groups in total. The van der Waals surface area contributed by atoms with Crippen LogP contribution in [0.5, 0.6) is 0 Å². The predicted octanol–water partition coefficient (Wildman–Crippen LogP) is 2.10. The van der Waals surface area contributed by atoms with Crippen molar-refractivity contribution in [3.8, 4) is 0 Å². The molecule has 1 aliphatic heterocycles. The van der Waals surface area contributed by atoms with Crippen molar-refractivity contribution in [1.29, 1.82) is 0 Å². The van der Waals surface area contributed by atoms with Crippen LogP contribution in [0.3, 0.4) is 0 Å². The highest BCUT2D eigenvalue weighted by Crippen LogP contribution is 2.38. The molecule has 122 valence electrons. The molecule has 0 spiro atoms. The van der Waals surface area contributed by atoms with Gasteiger partial charge in [-0.15, -0.1) is 0 Å². The Morgan fingerprint density at radius 3 is 2.36 bits per heavy atom. The monoisotopic (exact) mass is 407 g/mol. The first-order valence-corrected chi connectivity index (χ1v) is 11.3. The molecule has 1 aliphatic carbocycles. The molecule has 0 aromatic heterocycles. The standard InChI is InChI=1S/C14H18BrNO4S2/c1-10-2-5-14(13(15)8-10)22(19,20)16(11-3-4-11)12-6-7-21(17,18)9-12/h2,5,8,11-12H,3-4,6-7,9H2,1H3/t12-/m0/s1. The highest BCUT2D eigenvalue weighted by Gasteiger charge is 2.46. The quantitative estimate of drug-likeness (QED) is 0.765. The number of rotatable bonds is 4. The van der Waals surface area contributed by atoms with Crippen molar-refractivity contribution in [3.63, 3.8) is 0 Å². The van der Waals surface area contributed by atoms with Gasteiger partial charge in [0.25, 0.3) is 0 Å². The van der Waals surface area contributed by atoms with Crippen LogP contribution in [0.25, 0.3) is 0 Å². The van der Waals surface area contributed by atoms with Crippen LogP contribution >= 0.6 is 15.9 Å². The van der Waals surface area contributed by atoms with Crippen molar-refractivity contribution >= 4 is 35.8 Å². The lowest BCUT2D eigenvalue weighted by molar-refractivity contribution is 0.332. The van der Waals surface area contributed by atoms with Gasteiger partial charge in [-0.25, -0.2) is 16.8 Å². The minimum Gasteiger partial charge on any atom is -0.229 e. The first kappa shape index (κ1) is 16.4. The maximum absolute atomic E-state index is 13.0. The Labute approximate surface area is 139 Å². The fourth-order valence-electron chi connectivity index (χ4n) is 2.92. The molecule has 2 aliphatic rings. The third-order valence-corrected chi connectivity index (χ3v) is 8.85. The molecule has 3 rings (SSSR count). The normalized spacial score (nSPS) is 24.8. The molecule has 22 heavy (non-hydrogen) atoms. The van der Waals surface area contributed by atoms with E-state index >= 15 is 0 Å². The maximum Gasteiger partial charge on any atom is 0.244 e. The van der Waals surface area contributed by atoms with Gasteiger partial charge in [0.05, 0.1) is 16.4 Å². The van der Waals surface area contributed by atoms with Gasteiger partial charge < -0.3 is 0 Å². The molecule has 1 aromatic carbocycles. The molecule has 0 bridgehead atoms. The maximum atomic E-state index is 13.0. The molecule has 0 radical (unpaired) electrons. The summed E-state index contributed by atoms with van der Waals surface area (Å²) < 4.78 is 51.5. The van der Waals surface area contributed by atoms with Crippen molar-refractivity contribution in [2.24, 2.45) is 0 Å². The van der Waals surface area contributed by atoms with E-state index in [1.165, 1.54) is 4.31 Å². The van der Waals surface area contributed by atoms with E-state index in [1.807, 2.05) is 6.92 Å². The smallest absolute Gasteiger partial charge is 0.229 e. The molecule has 1 aromatic rings. The Morgan fingerprint density at radius 1 is 1.18 bits per heavy atom. The van der Waals surface area contributed by atoms with E-state index in [-0.39, 0.29) is 22.4 Å². The zero-order valence-electron chi connectivity index (χ0n) is 12.2. The average Bonchev–Trinajstić information content (AvgIpc) is 3.13. The van der Waals surface area contributed by atoms with Gasteiger partial charge in [-0.2, -0.15) is 4.31 Å². The second-order valence-corrected chi connectivity index (χ2v) is 11.0. The van der Waals surface area contributed by atoms with Gasteiger partial charge in [-0.3, -0.25) is 0 Å². The van der Waals surface area contributed by atoms with Gasteiger partial charge in [0.1, 0.15) is 0 Å². The van der Waals surface area contributed by atoms with Crippen LogP contribution < -0.4 is 0 Å². The van der Waals surface area contributed by atoms with Crippen molar-refractivity contribution < 1.29 is 16.8 Å². The number of halogens is 1. The molecular formula is C14H18BrNO4S2. The molecule has 8 heteroatoms. The van der Waals surface area contributed by atoms with Gasteiger partial charge in [-0.05, 0) is 59.8 Å². The highest BCUT2D eigenvalue weighted by molar-refractivity contribution is 9.10. The highest BCUT2D eigenvalue weighted by atomic mass is 79.9. The second kappa shape index (κ2) is 5.58. The van der Waals surface area contributed by atoms with Crippen LogP contribution in [0.4, 0.5) is 0 Å². The van der Waals surface area contributed by atoms with Gasteiger partial charge in [0.2, 0.25) is 10.0 Å². The summed E-state index contributed by atoms with van der Waals surface area (Å²) in [6.07, 6.45) is 2.00. The van der Waals surface area contributed by atoms with Crippen LogP contribution in [0.2, 0.25) is 0 Å². The molecule has 1 atom stereocenters. The van der Waals surface area contributed by atoms with Crippen molar-refractivity contribution in [2.45, 2.75) is 43.2 Å². The summed E-state index contributed by atoms with van der Waals surface area (Å²) in [7, 11) is -6.82. The Bertz CT molecular complexity index is 800. The van der Waals surface area contributed by atoms with Gasteiger partial charge in [-0.1, -0.05) is 6.07 Å². The SMILES string of the molecule is Cc1ccc(S(=O)(=O)N(C2CC2)[C@H]2CCS(=O)(=O)C2)c(Br)c1. The van der Waals surface area contributed by atoms with Crippen molar-refractivity contribution in [1.82, 2.24) is 4.31 Å². The Hall–Kier alpha value is -0.440. The summed E-state index contributed by atoms with van der Waals surface area (Å²) >= 11 is 3.33. The fraction of sp³-hybridized carbons (Fsp3) is 0.571. The number of nitrogens with zero attached hydrogens (tertiary/aromatic N) is 1. The third-order valence-electron chi connectivity index (χ3n) is 4.12. The minimum atomic E-state index is -3.70. The largest absolute Gasteiger partial charge is 0.244 e. The number of benzene rings is 1. The summed E-state index contributed by atoms with van der Waals surface area (Å²) in [4.78, 5) is 0.217. The van der Waals surface area contributed by atoms with Crippen LogP contribution in [0, 0.1) is 6.92 Å². The van der Waals surface area contributed by atoms with Crippen LogP contribution in [-0.4, -0.2) is 44.7 Å². The lowest BCUT2D eigenvalue weighted by atomic mass is 10.2. The van der Waals surface area contributed by atoms with E-state index in [2.05, 4.69) is 15.9 Å². The molecular weight excluding hydrogens is 390 g/mol. The van der Waals surface area contributed by atoms with E-state index in [4.69, 9.17) is 0 Å². The Morgan fingerprint density at radius 2 is 1.86 bits per heavy atom. The van der Waals surface area contributed by atoms with E-state index in [1.54, 1.807) is 18.2 Å². The van der Waals surface area contributed by atoms with E-state index in [9.17, 15) is 16.8 Å². The van der Waals surface area contributed by atoms with E-state index in [0.29, 0.717) is 10.9 Å². The molecule has 2 fully saturated rings. The van der Waals surface area contributed by atoms with Crippen LogP contribution in [0.1, 0.15) is 24.8 Å². The number of sulfonamides is 1. The summed E-state index contributed by atoms with van der Waals surface area (Å²) in [6, 6.07) is 4.62. The number of hydrogen-bond acceptors (Lipinski definition) is 4. The van der Waals surface area contributed by atoms with Gasteiger partial charge in [0.15, 0.2) is 9.84 Å². The van der Waals surface area contributed by atoms with Crippen molar-refractivity contribution in [3.05, 3.63) is 28.2 Å². The number of aryl methyl sites for hydroxylation is 1. The topological polar surface area (TPSA) is 71.5 Å². The summed E-state index contributed by atoms with van der Waals surface area (Å²) in [6.45, 7) is 1.89. The zero-order valence-corrected chi connectivity index (χ0v) is 15.4. The second-order valence-electron chi connectivity index (χ2n) is 6.06. The number of sulfone groups is 1. The first-order chi connectivity index (χ1) is 10.2. The van der Waals surface area contributed by atoms with Gasteiger partial charge in [0, 0.05) is 16.6 Å². The summed E-state index contributed by atoms with van der Waals surface area (Å²) in [5, 5.41) is 0. The predicted molar refractivity (Wildman–Crippen MR) is 88.0 cm³/mol. The molecule has 1 saturated heterocycles. The third kappa shape index (κ3) is 3.11. The lowest BCUT2D eigenvalue weighted by Gasteiger charge is -2.27. The molecule has 0 unspecified atom stereocenters. The Balaban J connectivity index is 2.01. The number of hydrogen-bond donors (Lipinski definition) is 0. The fourth-order valence-corrected chi connectivity index (χ4v) is 7.79. The summed E-state index contributed by atoms with van der Waals surface area (Å²) in [5.41, 5.74) is 0.965. The Kier molecular flexibility index (Phi) is 4.16. The molecule has 1 heterocycles. The van der Waals surface area contributed by atoms with Gasteiger partial charge >= 0.3 is 0 Å². The van der Waals surface area contributed by atoms with E-state index in [0.717, 1.165) is 18.4 Å². The minimum absolute atomic E-state index is 0.0588. The molecule has 5 nitrogen and oxygen atoms in total. The van der Waals surface area contributed by atoms with E-state index < -0.39 is 25.9 Å². The van der Waals surface area contributed by atoms with Crippen LogP contribution in [-0.2, 0) is 19.9 Å². The lowest BCUT2D eigenvalue weighted by Crippen LogP contribution is -2.42. The van der Waals surface area contributed by atoms with Crippen molar-refractivity contribution in [2.75, 3.05) is 11.5 Å². The molecule has 0 amide bonds. The first-order valence-electron chi connectivity index (χ1n) is 7.21. The average molecular weight is 408 g/mol. The van der Waals surface area contributed by atoms with Crippen LogP contribution in [0.15, 0.2) is 27.6 Å². The molecule has 1 saturated carbocycles. The zero-order chi connectivity index (χ0) is 16.1. The summed E-state index contributed by atoms with van der Waals surface area (Å²) in [5.74, 6) is 0.0116.